The number of hydrogen-bond acceptors (Lipinski definition) is 6. The molecule has 1 unspecified atom stereocenters. The van der Waals surface area contributed by atoms with Crippen LogP contribution >= 0.6 is 0 Å². The van der Waals surface area contributed by atoms with E-state index in [2.05, 4.69) is 0 Å². The first-order valence-corrected chi connectivity index (χ1v) is 8.57. The second-order valence-electron chi connectivity index (χ2n) is 4.76. The minimum absolute atomic E-state index is 0.245. The highest BCUT2D eigenvalue weighted by Gasteiger charge is 2.56. The van der Waals surface area contributed by atoms with Crippen molar-refractivity contribution in [1.29, 1.82) is 0 Å². The number of amides is 2. The summed E-state index contributed by atoms with van der Waals surface area (Å²) in [5.41, 5.74) is 0. The minimum Gasteiger partial charge on any atom is -0.327 e. The zero-order valence-electron chi connectivity index (χ0n) is 10.3. The van der Waals surface area contributed by atoms with Crippen LogP contribution in [0.3, 0.4) is 0 Å². The lowest BCUT2D eigenvalue weighted by Gasteiger charge is -2.46. The monoisotopic (exact) mass is 327 g/mol. The molecule has 0 aliphatic carbocycles. The maximum atomic E-state index is 11.7. The van der Waals surface area contributed by atoms with Gasteiger partial charge in [0.2, 0.25) is 15.9 Å². The summed E-state index contributed by atoms with van der Waals surface area (Å²) in [6.45, 7) is 1.06. The zero-order valence-corrected chi connectivity index (χ0v) is 12.0. The molecule has 0 bridgehead atoms. The van der Waals surface area contributed by atoms with Gasteiger partial charge in [-0.05, 0) is 6.92 Å². The van der Waals surface area contributed by atoms with Gasteiger partial charge in [-0.2, -0.15) is 8.42 Å². The van der Waals surface area contributed by atoms with E-state index in [4.69, 9.17) is 9.69 Å². The highest BCUT2D eigenvalue weighted by Crippen LogP contribution is 2.31. The Bertz CT molecular complexity index is 670. The van der Waals surface area contributed by atoms with E-state index in [1.807, 2.05) is 0 Å². The Balaban J connectivity index is 2.20. The van der Waals surface area contributed by atoms with E-state index in [1.54, 1.807) is 0 Å². The minimum atomic E-state index is -4.68. The number of hydrogen-bond donors (Lipinski definition) is 2. The average molecular weight is 327 g/mol. The molecule has 2 fully saturated rings. The summed E-state index contributed by atoms with van der Waals surface area (Å²) in [4.78, 5) is 24.4. The second-order valence-corrected chi connectivity index (χ2v) is 7.89. The highest BCUT2D eigenvalue weighted by molar-refractivity contribution is 7.89. The van der Waals surface area contributed by atoms with Crippen LogP contribution in [0.4, 0.5) is 0 Å². The number of rotatable bonds is 3. The van der Waals surface area contributed by atoms with Crippen LogP contribution in [0.5, 0.6) is 0 Å². The van der Waals surface area contributed by atoms with Gasteiger partial charge in [0.05, 0.1) is 6.04 Å². The Morgan fingerprint density at radius 3 is 2.15 bits per heavy atom. The fourth-order valence-corrected chi connectivity index (χ4v) is 4.10. The third-order valence-electron chi connectivity index (χ3n) is 3.47. The average Bonchev–Trinajstić information content (AvgIpc) is 2.58. The Kier molecular flexibility index (Phi) is 3.32. The van der Waals surface area contributed by atoms with Gasteiger partial charge in [0, 0.05) is 13.0 Å². The van der Waals surface area contributed by atoms with E-state index in [1.165, 1.54) is 6.92 Å². The smallest absolute Gasteiger partial charge is 0.327 e. The van der Waals surface area contributed by atoms with E-state index < -0.39 is 49.5 Å². The van der Waals surface area contributed by atoms with E-state index in [0.29, 0.717) is 0 Å². The van der Waals surface area contributed by atoms with Crippen LogP contribution in [0.15, 0.2) is 0 Å². The van der Waals surface area contributed by atoms with Gasteiger partial charge in [-0.25, -0.2) is 17.9 Å². The number of likely N-dealkylation sites (tertiary alicyclic amines) is 1. The summed E-state index contributed by atoms with van der Waals surface area (Å²) in [5, 5.41) is 3.84. The van der Waals surface area contributed by atoms with Gasteiger partial charge in [0.25, 0.3) is 5.91 Å². The van der Waals surface area contributed by atoms with Crippen molar-refractivity contribution < 1.29 is 31.0 Å². The predicted octanol–water partition coefficient (Wildman–Crippen LogP) is -2.72. The van der Waals surface area contributed by atoms with Crippen molar-refractivity contribution in [3.05, 3.63) is 0 Å². The summed E-state index contributed by atoms with van der Waals surface area (Å²) in [5.74, 6) is -1.56. The van der Waals surface area contributed by atoms with Crippen LogP contribution in [-0.4, -0.2) is 66.3 Å². The molecule has 2 aliphatic heterocycles. The van der Waals surface area contributed by atoms with Gasteiger partial charge in [0.1, 0.15) is 11.3 Å². The third kappa shape index (κ3) is 2.28. The molecule has 0 aromatic carbocycles. The van der Waals surface area contributed by atoms with E-state index in [0.717, 1.165) is 4.90 Å². The summed E-state index contributed by atoms with van der Waals surface area (Å²) >= 11 is 0. The topological polar surface area (TPSA) is 155 Å². The predicted molar refractivity (Wildman–Crippen MR) is 64.9 cm³/mol. The van der Waals surface area contributed by atoms with Crippen LogP contribution in [0, 0.1) is 0 Å². The molecule has 0 saturated carbocycles. The number of β-lactam (4-membered cyclic amide) rings is 1. The lowest BCUT2D eigenvalue weighted by molar-refractivity contribution is -0.154. The van der Waals surface area contributed by atoms with E-state index in [-0.39, 0.29) is 17.3 Å². The molecule has 2 heterocycles. The normalized spacial score (nSPS) is 31.6. The number of nitrogens with zero attached hydrogens (tertiary/aromatic N) is 2. The molecule has 10 nitrogen and oxygen atoms in total. The largest absolute Gasteiger partial charge is 0.362 e. The van der Waals surface area contributed by atoms with Gasteiger partial charge >= 0.3 is 10.3 Å². The van der Waals surface area contributed by atoms with Crippen LogP contribution < -0.4 is 5.14 Å². The van der Waals surface area contributed by atoms with Crippen molar-refractivity contribution in [2.24, 2.45) is 5.14 Å². The van der Waals surface area contributed by atoms with Gasteiger partial charge < -0.3 is 4.90 Å². The van der Waals surface area contributed by atoms with Gasteiger partial charge in [0.15, 0.2) is 0 Å². The number of sulfonamides is 1. The quantitative estimate of drug-likeness (QED) is 0.421. The van der Waals surface area contributed by atoms with Gasteiger partial charge in [-0.3, -0.25) is 14.1 Å². The first kappa shape index (κ1) is 15.2. The Hall–Kier alpha value is -1.24. The summed E-state index contributed by atoms with van der Waals surface area (Å²) in [7, 11) is -8.60. The third-order valence-corrected chi connectivity index (χ3v) is 5.72. The van der Waals surface area contributed by atoms with Crippen molar-refractivity contribution in [2.75, 3.05) is 6.54 Å². The molecular weight excluding hydrogens is 314 g/mol. The molecule has 0 aromatic rings. The van der Waals surface area contributed by atoms with Crippen molar-refractivity contribution in [2.45, 2.75) is 30.7 Å². The molecule has 2 rings (SSSR count). The Morgan fingerprint density at radius 2 is 1.80 bits per heavy atom. The number of primary sulfonamides is 1. The molecule has 12 heteroatoms. The Labute approximate surface area is 115 Å². The molecule has 0 radical (unpaired) electrons. The SMILES string of the molecule is C[C@H]1[C@H](N2CC(S(N)(=O)=O)CC2=O)C(=O)N1S(=O)(=O)O. The summed E-state index contributed by atoms with van der Waals surface area (Å²) in [6.07, 6.45) is -0.346. The summed E-state index contributed by atoms with van der Waals surface area (Å²) < 4.78 is 53.4. The molecule has 2 aliphatic rings. The van der Waals surface area contributed by atoms with Gasteiger partial charge in [-0.1, -0.05) is 0 Å². The number of nitrogens with two attached hydrogens (primary N) is 1. The standard InChI is InChI=1S/C8H13N3O7S2/c1-4-7(8(13)11(4)20(16,17)18)10-3-5(2-6(10)12)19(9,14)15/h4-5,7H,2-3H2,1H3,(H2,9,14,15)(H,16,17,18)/t4-,5?,7-/m0/s1. The van der Waals surface area contributed by atoms with Gasteiger partial charge in [-0.15, -0.1) is 0 Å². The maximum Gasteiger partial charge on any atom is 0.362 e. The van der Waals surface area contributed by atoms with Crippen LogP contribution in [0.2, 0.25) is 0 Å². The highest BCUT2D eigenvalue weighted by atomic mass is 32.2. The van der Waals surface area contributed by atoms with Crippen LogP contribution in [0.1, 0.15) is 13.3 Å². The van der Waals surface area contributed by atoms with E-state index >= 15 is 0 Å². The molecule has 2 saturated heterocycles. The fraction of sp³-hybridized carbons (Fsp3) is 0.750. The Morgan fingerprint density at radius 1 is 1.25 bits per heavy atom. The molecule has 2 amide bonds. The molecule has 20 heavy (non-hydrogen) atoms. The molecule has 0 spiro atoms. The fourth-order valence-electron chi connectivity index (χ4n) is 2.49. The van der Waals surface area contributed by atoms with Crippen molar-refractivity contribution in [3.8, 4) is 0 Å². The van der Waals surface area contributed by atoms with Crippen LogP contribution in [-0.2, 0) is 29.9 Å². The first-order valence-electron chi connectivity index (χ1n) is 5.56. The van der Waals surface area contributed by atoms with Crippen molar-refractivity contribution >= 4 is 32.1 Å². The van der Waals surface area contributed by atoms with Crippen molar-refractivity contribution in [1.82, 2.24) is 9.21 Å². The van der Waals surface area contributed by atoms with Crippen LogP contribution in [0.25, 0.3) is 0 Å². The molecule has 114 valence electrons. The summed E-state index contributed by atoms with van der Waals surface area (Å²) in [6, 6.07) is -2.06. The molecular formula is C8H13N3O7S2. The number of carbonyl (C=O) groups excluding carboxylic acids is 2. The lowest BCUT2D eigenvalue weighted by Crippen LogP contribution is -2.71. The first-order chi connectivity index (χ1) is 8.94. The zero-order chi connectivity index (χ0) is 15.5. The molecule has 0 aromatic heterocycles. The van der Waals surface area contributed by atoms with Crippen molar-refractivity contribution in [3.63, 3.8) is 0 Å². The molecule has 3 atom stereocenters. The lowest BCUT2D eigenvalue weighted by atomic mass is 9.99. The number of carbonyl (C=O) groups is 2. The molecule has 3 N–H and O–H groups in total. The van der Waals surface area contributed by atoms with E-state index in [9.17, 15) is 26.4 Å². The second kappa shape index (κ2) is 4.38. The maximum absolute atomic E-state index is 11.7.